The van der Waals surface area contributed by atoms with Gasteiger partial charge in [-0.25, -0.2) is 0 Å². The van der Waals surface area contributed by atoms with Gasteiger partial charge in [-0.2, -0.15) is 0 Å². The van der Waals surface area contributed by atoms with Crippen LogP contribution in [0.3, 0.4) is 0 Å². The zero-order valence-electron chi connectivity index (χ0n) is 10.5. The summed E-state index contributed by atoms with van der Waals surface area (Å²) in [5.41, 5.74) is -0.508. The second kappa shape index (κ2) is 5.08. The normalized spacial score (nSPS) is 23.4. The van der Waals surface area contributed by atoms with Crippen molar-refractivity contribution >= 4 is 17.8 Å². The smallest absolute Gasteiger partial charge is 0.305 e. The molecule has 5 heteroatoms. The van der Waals surface area contributed by atoms with Crippen LogP contribution in [0.2, 0.25) is 0 Å². The number of likely N-dealkylation sites (tertiary alicyclic amines) is 1. The van der Waals surface area contributed by atoms with Crippen molar-refractivity contribution in [3.8, 4) is 0 Å². The Hall–Kier alpha value is -1.39. The van der Waals surface area contributed by atoms with Crippen LogP contribution in [0.1, 0.15) is 51.4 Å². The highest BCUT2D eigenvalue weighted by Gasteiger charge is 2.50. The molecule has 0 radical (unpaired) electrons. The quantitative estimate of drug-likeness (QED) is 0.774. The van der Waals surface area contributed by atoms with Crippen LogP contribution in [0.25, 0.3) is 0 Å². The van der Waals surface area contributed by atoms with Crippen LogP contribution in [0, 0.1) is 5.41 Å². The summed E-state index contributed by atoms with van der Waals surface area (Å²) in [4.78, 5) is 36.0. The molecule has 1 spiro atoms. The number of hydrogen-bond acceptors (Lipinski definition) is 3. The second-order valence-electron chi connectivity index (χ2n) is 5.37. The fourth-order valence-corrected chi connectivity index (χ4v) is 3.09. The van der Waals surface area contributed by atoms with E-state index in [2.05, 4.69) is 0 Å². The van der Waals surface area contributed by atoms with Crippen molar-refractivity contribution in [3.05, 3.63) is 0 Å². The Bertz CT molecular complexity index is 369. The molecule has 0 aromatic heterocycles. The average molecular weight is 253 g/mol. The van der Waals surface area contributed by atoms with Crippen molar-refractivity contribution in [1.82, 2.24) is 4.90 Å². The Kier molecular flexibility index (Phi) is 3.68. The van der Waals surface area contributed by atoms with Gasteiger partial charge in [0.05, 0.1) is 11.8 Å². The van der Waals surface area contributed by atoms with E-state index in [1.54, 1.807) is 0 Å². The molecule has 2 rings (SSSR count). The maximum Gasteiger partial charge on any atom is 0.305 e. The molecule has 1 saturated carbocycles. The minimum absolute atomic E-state index is 0.0226. The molecule has 0 aromatic rings. The van der Waals surface area contributed by atoms with Crippen LogP contribution in [0.5, 0.6) is 0 Å². The summed E-state index contributed by atoms with van der Waals surface area (Å²) in [5.74, 6) is -1.30. The highest BCUT2D eigenvalue weighted by Crippen LogP contribution is 2.44. The van der Waals surface area contributed by atoms with Crippen LogP contribution in [-0.4, -0.2) is 34.3 Å². The van der Waals surface area contributed by atoms with Gasteiger partial charge in [-0.05, 0) is 12.8 Å². The van der Waals surface area contributed by atoms with Gasteiger partial charge in [-0.3, -0.25) is 19.3 Å². The first kappa shape index (κ1) is 13.1. The topological polar surface area (TPSA) is 74.7 Å². The van der Waals surface area contributed by atoms with Crippen molar-refractivity contribution in [2.75, 3.05) is 6.54 Å². The minimum atomic E-state index is -0.975. The van der Waals surface area contributed by atoms with Crippen LogP contribution in [0.15, 0.2) is 0 Å². The molecule has 1 aliphatic heterocycles. The van der Waals surface area contributed by atoms with Crippen molar-refractivity contribution in [3.63, 3.8) is 0 Å². The molecule has 1 saturated heterocycles. The van der Waals surface area contributed by atoms with Gasteiger partial charge < -0.3 is 5.11 Å². The molecule has 1 aliphatic carbocycles. The van der Waals surface area contributed by atoms with Gasteiger partial charge in [0.1, 0.15) is 0 Å². The summed E-state index contributed by atoms with van der Waals surface area (Å²) in [7, 11) is 0. The number of imide groups is 1. The molecular weight excluding hydrogens is 234 g/mol. The summed E-state index contributed by atoms with van der Waals surface area (Å²) >= 11 is 0. The fourth-order valence-electron chi connectivity index (χ4n) is 3.09. The number of carbonyl (C=O) groups excluding carboxylic acids is 2. The molecule has 1 heterocycles. The maximum absolute atomic E-state index is 12.4. The lowest BCUT2D eigenvalue weighted by Crippen LogP contribution is -2.36. The number of rotatable bonds is 3. The lowest BCUT2D eigenvalue weighted by molar-refractivity contribution is -0.143. The maximum atomic E-state index is 12.4. The number of carbonyl (C=O) groups is 3. The molecule has 5 nitrogen and oxygen atoms in total. The van der Waals surface area contributed by atoms with Gasteiger partial charge in [-0.1, -0.05) is 25.7 Å². The zero-order valence-corrected chi connectivity index (χ0v) is 10.5. The fraction of sp³-hybridized carbons (Fsp3) is 0.769. The minimum Gasteiger partial charge on any atom is -0.481 e. The molecule has 2 aliphatic rings. The lowest BCUT2D eigenvalue weighted by atomic mass is 9.79. The average Bonchev–Trinajstić information content (AvgIpc) is 2.49. The molecular formula is C13H19NO4. The third-order valence-corrected chi connectivity index (χ3v) is 4.10. The monoisotopic (exact) mass is 253 g/mol. The van der Waals surface area contributed by atoms with E-state index in [0.29, 0.717) is 0 Å². The van der Waals surface area contributed by atoms with Crippen molar-refractivity contribution in [2.24, 2.45) is 5.41 Å². The molecule has 0 bridgehead atoms. The Morgan fingerprint density at radius 2 is 1.78 bits per heavy atom. The SMILES string of the molecule is O=C(O)CCN1C(=O)CC2(CCCCCC2)C1=O. The molecule has 18 heavy (non-hydrogen) atoms. The molecule has 0 unspecified atom stereocenters. The van der Waals surface area contributed by atoms with E-state index in [-0.39, 0.29) is 31.2 Å². The lowest BCUT2D eigenvalue weighted by Gasteiger charge is -2.24. The van der Waals surface area contributed by atoms with E-state index < -0.39 is 11.4 Å². The van der Waals surface area contributed by atoms with Crippen molar-refractivity contribution in [2.45, 2.75) is 51.4 Å². The standard InChI is InChI=1S/C13H19NO4/c15-10-9-13(6-3-1-2-4-7-13)12(18)14(10)8-5-11(16)17/h1-9H2,(H,16,17). The first-order chi connectivity index (χ1) is 8.55. The van der Waals surface area contributed by atoms with Crippen molar-refractivity contribution in [1.29, 1.82) is 0 Å². The van der Waals surface area contributed by atoms with Gasteiger partial charge >= 0.3 is 5.97 Å². The Morgan fingerprint density at radius 1 is 1.17 bits per heavy atom. The van der Waals surface area contributed by atoms with E-state index in [1.165, 1.54) is 4.90 Å². The highest BCUT2D eigenvalue weighted by molar-refractivity contribution is 6.06. The number of hydrogen-bond donors (Lipinski definition) is 1. The van der Waals surface area contributed by atoms with Gasteiger partial charge in [0.25, 0.3) is 0 Å². The number of carboxylic acids is 1. The zero-order chi connectivity index (χ0) is 13.2. The van der Waals surface area contributed by atoms with E-state index in [9.17, 15) is 14.4 Å². The van der Waals surface area contributed by atoms with Gasteiger partial charge in [0, 0.05) is 13.0 Å². The Labute approximate surface area is 106 Å². The molecule has 0 aromatic carbocycles. The van der Waals surface area contributed by atoms with E-state index in [4.69, 9.17) is 5.11 Å². The highest BCUT2D eigenvalue weighted by atomic mass is 16.4. The second-order valence-corrected chi connectivity index (χ2v) is 5.37. The summed E-state index contributed by atoms with van der Waals surface area (Å²) in [6, 6.07) is 0. The predicted octanol–water partition coefficient (Wildman–Crippen LogP) is 1.56. The summed E-state index contributed by atoms with van der Waals surface area (Å²) in [6.07, 6.45) is 5.91. The number of aliphatic carboxylic acids is 1. The molecule has 2 amide bonds. The van der Waals surface area contributed by atoms with E-state index in [0.717, 1.165) is 38.5 Å². The summed E-state index contributed by atoms with van der Waals surface area (Å²) < 4.78 is 0. The van der Waals surface area contributed by atoms with Crippen LogP contribution in [0.4, 0.5) is 0 Å². The summed E-state index contributed by atoms with van der Waals surface area (Å²) in [6.45, 7) is 0.0226. The first-order valence-electron chi connectivity index (χ1n) is 6.62. The van der Waals surface area contributed by atoms with Crippen LogP contribution < -0.4 is 0 Å². The van der Waals surface area contributed by atoms with Crippen molar-refractivity contribution < 1.29 is 19.5 Å². The predicted molar refractivity (Wildman–Crippen MR) is 63.7 cm³/mol. The van der Waals surface area contributed by atoms with Gasteiger partial charge in [0.2, 0.25) is 11.8 Å². The molecule has 0 atom stereocenters. The Balaban J connectivity index is 2.09. The van der Waals surface area contributed by atoms with Gasteiger partial charge in [-0.15, -0.1) is 0 Å². The number of nitrogens with zero attached hydrogens (tertiary/aromatic N) is 1. The Morgan fingerprint density at radius 3 is 2.33 bits per heavy atom. The molecule has 2 fully saturated rings. The molecule has 1 N–H and O–H groups in total. The summed E-state index contributed by atoms with van der Waals surface area (Å²) in [5, 5.41) is 8.64. The van der Waals surface area contributed by atoms with Gasteiger partial charge in [0.15, 0.2) is 0 Å². The van der Waals surface area contributed by atoms with E-state index in [1.807, 2.05) is 0 Å². The first-order valence-corrected chi connectivity index (χ1v) is 6.62. The van der Waals surface area contributed by atoms with Crippen LogP contribution in [-0.2, 0) is 14.4 Å². The third-order valence-electron chi connectivity index (χ3n) is 4.10. The molecule has 100 valence electrons. The van der Waals surface area contributed by atoms with Crippen LogP contribution >= 0.6 is 0 Å². The largest absolute Gasteiger partial charge is 0.481 e. The third kappa shape index (κ3) is 2.40. The number of carboxylic acid groups (broad SMARTS) is 1. The number of amides is 2. The van der Waals surface area contributed by atoms with E-state index >= 15 is 0 Å².